The van der Waals surface area contributed by atoms with Gasteiger partial charge >= 0.3 is 5.97 Å². The number of hydrogen-bond donors (Lipinski definition) is 0. The Hall–Kier alpha value is -1.81. The van der Waals surface area contributed by atoms with Crippen LogP contribution in [0.1, 0.15) is 40.9 Å². The van der Waals surface area contributed by atoms with Gasteiger partial charge in [-0.3, -0.25) is 0 Å². The number of esters is 1. The Labute approximate surface area is 112 Å². The summed E-state index contributed by atoms with van der Waals surface area (Å²) in [7, 11) is 1.63. The molecule has 2 aliphatic rings. The molecular formula is C15H16O4. The zero-order chi connectivity index (χ0) is 13.6. The molecule has 0 saturated heterocycles. The van der Waals surface area contributed by atoms with Crippen LogP contribution in [0.4, 0.5) is 0 Å². The Bertz CT molecular complexity index is 584. The zero-order valence-electron chi connectivity index (χ0n) is 11.3. The third-order valence-electron chi connectivity index (χ3n) is 3.39. The molecule has 0 bridgehead atoms. The zero-order valence-corrected chi connectivity index (χ0v) is 11.3. The van der Waals surface area contributed by atoms with Crippen LogP contribution in [-0.2, 0) is 22.7 Å². The molecule has 0 fully saturated rings. The first-order valence-corrected chi connectivity index (χ1v) is 6.25. The van der Waals surface area contributed by atoms with Crippen LogP contribution in [0.3, 0.4) is 0 Å². The number of hydrogen-bond acceptors (Lipinski definition) is 4. The number of cyclic esters (lactones) is 1. The molecule has 2 heterocycles. The molecule has 0 N–H and O–H groups in total. The highest BCUT2D eigenvalue weighted by molar-refractivity contribution is 5.95. The number of methoxy groups -OCH3 is 1. The van der Waals surface area contributed by atoms with Gasteiger partial charge in [-0.2, -0.15) is 0 Å². The Balaban J connectivity index is 2.21. The van der Waals surface area contributed by atoms with Crippen LogP contribution in [0.15, 0.2) is 12.1 Å². The van der Waals surface area contributed by atoms with E-state index in [1.54, 1.807) is 7.11 Å². The van der Waals surface area contributed by atoms with Gasteiger partial charge in [0.1, 0.15) is 18.0 Å². The molecule has 0 aromatic heterocycles. The third kappa shape index (κ3) is 1.92. The van der Waals surface area contributed by atoms with Crippen molar-refractivity contribution in [1.29, 1.82) is 0 Å². The lowest BCUT2D eigenvalue weighted by Gasteiger charge is -2.30. The van der Waals surface area contributed by atoms with Crippen LogP contribution in [0.2, 0.25) is 0 Å². The fourth-order valence-corrected chi connectivity index (χ4v) is 2.47. The highest BCUT2D eigenvalue weighted by atomic mass is 16.5. The van der Waals surface area contributed by atoms with Crippen molar-refractivity contribution in [3.05, 3.63) is 34.4 Å². The summed E-state index contributed by atoms with van der Waals surface area (Å²) in [6.07, 6.45) is 4.05. The SMILES string of the molecule is COCc1cc2c(c3c1C=CC(C)(C)O3)COC2=O. The molecule has 4 heteroatoms. The topological polar surface area (TPSA) is 44.8 Å². The quantitative estimate of drug-likeness (QED) is 0.767. The summed E-state index contributed by atoms with van der Waals surface area (Å²) in [5, 5.41) is 0. The second-order valence-electron chi connectivity index (χ2n) is 5.35. The largest absolute Gasteiger partial charge is 0.483 e. The lowest BCUT2D eigenvalue weighted by atomic mass is 9.93. The molecule has 4 nitrogen and oxygen atoms in total. The lowest BCUT2D eigenvalue weighted by molar-refractivity contribution is 0.0532. The summed E-state index contributed by atoms with van der Waals surface area (Å²) >= 11 is 0. The van der Waals surface area contributed by atoms with Crippen LogP contribution in [0.25, 0.3) is 6.08 Å². The second kappa shape index (κ2) is 4.10. The van der Waals surface area contributed by atoms with Crippen LogP contribution in [0, 0.1) is 0 Å². The highest BCUT2D eigenvalue weighted by Crippen LogP contribution is 2.41. The first-order chi connectivity index (χ1) is 9.02. The summed E-state index contributed by atoms with van der Waals surface area (Å²) in [6.45, 7) is 4.70. The van der Waals surface area contributed by atoms with Gasteiger partial charge in [0.05, 0.1) is 12.2 Å². The molecule has 0 amide bonds. The Kier molecular flexibility index (Phi) is 2.64. The standard InChI is InChI=1S/C15H16O4/c1-15(2)5-4-10-9(7-17-3)6-11-12(13(10)19-15)8-18-14(11)16/h4-6H,7-8H2,1-3H3. The van der Waals surface area contributed by atoms with Crippen LogP contribution in [0.5, 0.6) is 5.75 Å². The number of carbonyl (C=O) groups is 1. The van der Waals surface area contributed by atoms with Gasteiger partial charge in [0.15, 0.2) is 0 Å². The van der Waals surface area contributed by atoms with Crippen molar-refractivity contribution >= 4 is 12.0 Å². The summed E-state index contributed by atoms with van der Waals surface area (Å²) in [5.41, 5.74) is 2.99. The molecule has 1 aromatic carbocycles. The van der Waals surface area contributed by atoms with E-state index in [4.69, 9.17) is 14.2 Å². The molecule has 0 saturated carbocycles. The molecule has 0 unspecified atom stereocenters. The Morgan fingerprint density at radius 3 is 2.95 bits per heavy atom. The summed E-state index contributed by atoms with van der Waals surface area (Å²) < 4.78 is 16.3. The fraction of sp³-hybridized carbons (Fsp3) is 0.400. The summed E-state index contributed by atoms with van der Waals surface area (Å²) in [6, 6.07) is 1.85. The molecule has 0 atom stereocenters. The minimum Gasteiger partial charge on any atom is -0.483 e. The molecule has 0 aliphatic carbocycles. The van der Waals surface area contributed by atoms with Crippen molar-refractivity contribution in [2.24, 2.45) is 0 Å². The van der Waals surface area contributed by atoms with Crippen molar-refractivity contribution in [3.63, 3.8) is 0 Å². The van der Waals surface area contributed by atoms with E-state index < -0.39 is 0 Å². The summed E-state index contributed by atoms with van der Waals surface area (Å²) in [4.78, 5) is 11.7. The van der Waals surface area contributed by atoms with Crippen molar-refractivity contribution in [2.45, 2.75) is 32.7 Å². The van der Waals surface area contributed by atoms with Gasteiger partial charge < -0.3 is 14.2 Å². The monoisotopic (exact) mass is 260 g/mol. The lowest BCUT2D eigenvalue weighted by Crippen LogP contribution is -2.28. The van der Waals surface area contributed by atoms with Crippen molar-refractivity contribution in [2.75, 3.05) is 7.11 Å². The maximum Gasteiger partial charge on any atom is 0.339 e. The molecule has 1 aromatic rings. The molecule has 100 valence electrons. The maximum absolute atomic E-state index is 11.7. The Morgan fingerprint density at radius 1 is 1.42 bits per heavy atom. The highest BCUT2D eigenvalue weighted by Gasteiger charge is 2.32. The number of benzene rings is 1. The maximum atomic E-state index is 11.7. The average Bonchev–Trinajstić information content (AvgIpc) is 2.71. The van der Waals surface area contributed by atoms with E-state index in [0.29, 0.717) is 12.2 Å². The van der Waals surface area contributed by atoms with Crippen molar-refractivity contribution in [1.82, 2.24) is 0 Å². The van der Waals surface area contributed by atoms with Gasteiger partial charge in [0, 0.05) is 18.2 Å². The van der Waals surface area contributed by atoms with Crippen LogP contribution in [-0.4, -0.2) is 18.7 Å². The normalized spacial score (nSPS) is 18.6. The van der Waals surface area contributed by atoms with Crippen molar-refractivity contribution < 1.29 is 19.0 Å². The van der Waals surface area contributed by atoms with E-state index in [9.17, 15) is 4.79 Å². The number of fused-ring (bicyclic) bond motifs is 3. The number of ether oxygens (including phenoxy) is 3. The van der Waals surface area contributed by atoms with E-state index in [1.807, 2.05) is 32.1 Å². The molecule has 0 radical (unpaired) electrons. The minimum atomic E-state index is -0.377. The van der Waals surface area contributed by atoms with Gasteiger partial charge in [-0.05, 0) is 31.6 Å². The first-order valence-electron chi connectivity index (χ1n) is 6.25. The fourth-order valence-electron chi connectivity index (χ4n) is 2.47. The summed E-state index contributed by atoms with van der Waals surface area (Å²) in [5.74, 6) is 0.467. The first kappa shape index (κ1) is 12.2. The van der Waals surface area contributed by atoms with E-state index in [0.717, 1.165) is 22.4 Å². The minimum absolute atomic E-state index is 0.285. The van der Waals surface area contributed by atoms with Crippen LogP contribution >= 0.6 is 0 Å². The van der Waals surface area contributed by atoms with E-state index >= 15 is 0 Å². The smallest absolute Gasteiger partial charge is 0.339 e. The van der Waals surface area contributed by atoms with Gasteiger partial charge in [-0.1, -0.05) is 6.08 Å². The van der Waals surface area contributed by atoms with Gasteiger partial charge in [0.25, 0.3) is 0 Å². The molecule has 3 rings (SSSR count). The average molecular weight is 260 g/mol. The van der Waals surface area contributed by atoms with Crippen molar-refractivity contribution in [3.8, 4) is 5.75 Å². The van der Waals surface area contributed by atoms with E-state index in [-0.39, 0.29) is 18.2 Å². The van der Waals surface area contributed by atoms with Gasteiger partial charge in [-0.15, -0.1) is 0 Å². The van der Waals surface area contributed by atoms with Crippen LogP contribution < -0.4 is 4.74 Å². The number of carbonyl (C=O) groups excluding carboxylic acids is 1. The molecular weight excluding hydrogens is 244 g/mol. The second-order valence-corrected chi connectivity index (χ2v) is 5.35. The van der Waals surface area contributed by atoms with E-state index in [2.05, 4.69) is 0 Å². The molecule has 0 spiro atoms. The predicted molar refractivity (Wildman–Crippen MR) is 70.0 cm³/mol. The van der Waals surface area contributed by atoms with Gasteiger partial charge in [0.2, 0.25) is 0 Å². The Morgan fingerprint density at radius 2 is 2.21 bits per heavy atom. The molecule has 19 heavy (non-hydrogen) atoms. The number of rotatable bonds is 2. The van der Waals surface area contributed by atoms with E-state index in [1.165, 1.54) is 0 Å². The predicted octanol–water partition coefficient (Wildman–Crippen LogP) is 2.69. The molecule has 2 aliphatic heterocycles. The van der Waals surface area contributed by atoms with Gasteiger partial charge in [-0.25, -0.2) is 4.79 Å². The third-order valence-corrected chi connectivity index (χ3v) is 3.39.